The molecule has 0 aliphatic carbocycles. The minimum absolute atomic E-state index is 0.0310. The van der Waals surface area contributed by atoms with Gasteiger partial charge in [0.25, 0.3) is 0 Å². The highest BCUT2D eigenvalue weighted by atomic mass is 32.2. The molecule has 0 fully saturated rings. The number of amides is 1. The van der Waals surface area contributed by atoms with Gasteiger partial charge in [0.05, 0.1) is 17.9 Å². The van der Waals surface area contributed by atoms with Crippen molar-refractivity contribution < 1.29 is 9.90 Å². The first kappa shape index (κ1) is 10.8. The Morgan fingerprint density at radius 1 is 1.64 bits per heavy atom. The second kappa shape index (κ2) is 4.62. The van der Waals surface area contributed by atoms with E-state index in [0.29, 0.717) is 5.75 Å². The van der Waals surface area contributed by atoms with Crippen LogP contribution in [0.2, 0.25) is 0 Å². The van der Waals surface area contributed by atoms with Gasteiger partial charge in [-0.15, -0.1) is 0 Å². The molecule has 1 amide bonds. The van der Waals surface area contributed by atoms with Gasteiger partial charge in [-0.05, 0) is 20.1 Å². The van der Waals surface area contributed by atoms with Crippen molar-refractivity contribution in [3.8, 4) is 0 Å². The molecule has 0 atom stereocenters. The zero-order valence-electron chi connectivity index (χ0n) is 7.18. The quantitative estimate of drug-likeness (QED) is 0.646. The van der Waals surface area contributed by atoms with Crippen molar-refractivity contribution in [2.75, 3.05) is 18.6 Å². The van der Waals surface area contributed by atoms with E-state index in [-0.39, 0.29) is 12.5 Å². The van der Waals surface area contributed by atoms with Crippen LogP contribution in [-0.2, 0) is 4.79 Å². The molecule has 4 heteroatoms. The minimum Gasteiger partial charge on any atom is -0.394 e. The predicted molar refractivity (Wildman–Crippen MR) is 47.7 cm³/mol. The first-order valence-electron chi connectivity index (χ1n) is 3.42. The van der Waals surface area contributed by atoms with Crippen LogP contribution in [0.1, 0.15) is 13.8 Å². The first-order chi connectivity index (χ1) is 5.02. The number of hydrogen-bond acceptors (Lipinski definition) is 3. The fourth-order valence-electron chi connectivity index (χ4n) is 0.584. The summed E-state index contributed by atoms with van der Waals surface area (Å²) in [6.07, 6.45) is 1.87. The summed E-state index contributed by atoms with van der Waals surface area (Å²) in [5, 5.41) is 11.5. The molecule has 0 aliphatic heterocycles. The summed E-state index contributed by atoms with van der Waals surface area (Å²) in [6, 6.07) is 0. The Bertz CT molecular complexity index is 136. The Kier molecular flexibility index (Phi) is 4.52. The first-order valence-corrected chi connectivity index (χ1v) is 4.82. The lowest BCUT2D eigenvalue weighted by Crippen LogP contribution is -2.46. The molecule has 0 saturated heterocycles. The molecule has 3 nitrogen and oxygen atoms in total. The molecule has 11 heavy (non-hydrogen) atoms. The molecule has 0 aromatic heterocycles. The second-order valence-corrected chi connectivity index (χ2v) is 3.89. The van der Waals surface area contributed by atoms with E-state index in [9.17, 15) is 4.79 Å². The molecule has 2 N–H and O–H groups in total. The van der Waals surface area contributed by atoms with E-state index in [1.54, 1.807) is 13.8 Å². The Hall–Kier alpha value is -0.220. The monoisotopic (exact) mass is 177 g/mol. The third-order valence-corrected chi connectivity index (χ3v) is 1.70. The van der Waals surface area contributed by atoms with Crippen molar-refractivity contribution in [1.29, 1.82) is 0 Å². The molecule has 0 unspecified atom stereocenters. The zero-order chi connectivity index (χ0) is 8.91. The molecule has 0 aromatic carbocycles. The van der Waals surface area contributed by atoms with E-state index in [2.05, 4.69) is 5.32 Å². The van der Waals surface area contributed by atoms with Gasteiger partial charge in [-0.2, -0.15) is 11.8 Å². The lowest BCUT2D eigenvalue weighted by molar-refractivity contribution is -0.120. The number of rotatable bonds is 4. The third kappa shape index (κ3) is 5.09. The summed E-state index contributed by atoms with van der Waals surface area (Å²) in [6.45, 7) is 3.53. The maximum absolute atomic E-state index is 11.0. The Morgan fingerprint density at radius 2 is 2.18 bits per heavy atom. The van der Waals surface area contributed by atoms with E-state index >= 15 is 0 Å². The van der Waals surface area contributed by atoms with Crippen LogP contribution in [-0.4, -0.2) is 35.2 Å². The highest BCUT2D eigenvalue weighted by molar-refractivity contribution is 7.99. The normalized spacial score (nSPS) is 11.3. The van der Waals surface area contributed by atoms with Gasteiger partial charge in [0.2, 0.25) is 5.91 Å². The minimum atomic E-state index is -0.493. The average molecular weight is 177 g/mol. The van der Waals surface area contributed by atoms with E-state index in [1.165, 1.54) is 11.8 Å². The standard InChI is InChI=1S/C7H15NO2S/c1-7(2,5-9)8-6(10)4-11-3/h9H,4-5H2,1-3H3,(H,8,10). The second-order valence-electron chi connectivity index (χ2n) is 3.02. The van der Waals surface area contributed by atoms with Crippen LogP contribution in [0.15, 0.2) is 0 Å². The molecular formula is C7H15NO2S. The van der Waals surface area contributed by atoms with Crippen LogP contribution >= 0.6 is 11.8 Å². The molecule has 66 valence electrons. The number of carbonyl (C=O) groups is 1. The van der Waals surface area contributed by atoms with Gasteiger partial charge in [0, 0.05) is 0 Å². The summed E-state index contributed by atoms with van der Waals surface area (Å²) in [5.41, 5.74) is -0.493. The van der Waals surface area contributed by atoms with Crippen LogP contribution in [0.4, 0.5) is 0 Å². The van der Waals surface area contributed by atoms with Crippen LogP contribution in [0.3, 0.4) is 0 Å². The smallest absolute Gasteiger partial charge is 0.230 e. The maximum Gasteiger partial charge on any atom is 0.230 e. The summed E-state index contributed by atoms with van der Waals surface area (Å²) >= 11 is 1.47. The van der Waals surface area contributed by atoms with Crippen LogP contribution in [0, 0.1) is 0 Å². The summed E-state index contributed by atoms with van der Waals surface area (Å²) in [5.74, 6) is 0.417. The van der Waals surface area contributed by atoms with Gasteiger partial charge >= 0.3 is 0 Å². The van der Waals surface area contributed by atoms with Crippen LogP contribution < -0.4 is 5.32 Å². The predicted octanol–water partition coefficient (Wildman–Crippen LogP) is 0.236. The lowest BCUT2D eigenvalue weighted by Gasteiger charge is -2.22. The van der Waals surface area contributed by atoms with Crippen molar-refractivity contribution in [3.05, 3.63) is 0 Å². The molecule has 0 bridgehead atoms. The number of nitrogens with one attached hydrogen (secondary N) is 1. The van der Waals surface area contributed by atoms with Gasteiger partial charge in [0.1, 0.15) is 0 Å². The van der Waals surface area contributed by atoms with E-state index in [1.807, 2.05) is 6.26 Å². The van der Waals surface area contributed by atoms with Gasteiger partial charge in [-0.1, -0.05) is 0 Å². The molecule has 0 saturated carbocycles. The topological polar surface area (TPSA) is 49.3 Å². The van der Waals surface area contributed by atoms with E-state index in [4.69, 9.17) is 5.11 Å². The number of aliphatic hydroxyl groups is 1. The molecule has 0 aliphatic rings. The highest BCUT2D eigenvalue weighted by Crippen LogP contribution is 2.00. The number of hydrogen-bond donors (Lipinski definition) is 2. The number of carbonyl (C=O) groups excluding carboxylic acids is 1. The van der Waals surface area contributed by atoms with Gasteiger partial charge in [-0.3, -0.25) is 4.79 Å². The molecule has 0 aromatic rings. The molecule has 0 heterocycles. The Morgan fingerprint density at radius 3 is 2.55 bits per heavy atom. The van der Waals surface area contributed by atoms with E-state index < -0.39 is 5.54 Å². The Labute approximate surface area is 71.6 Å². The van der Waals surface area contributed by atoms with Crippen molar-refractivity contribution in [2.45, 2.75) is 19.4 Å². The number of thioether (sulfide) groups is 1. The van der Waals surface area contributed by atoms with E-state index in [0.717, 1.165) is 0 Å². The van der Waals surface area contributed by atoms with Gasteiger partial charge < -0.3 is 10.4 Å². The largest absolute Gasteiger partial charge is 0.394 e. The number of aliphatic hydroxyl groups excluding tert-OH is 1. The van der Waals surface area contributed by atoms with Crippen molar-refractivity contribution >= 4 is 17.7 Å². The molecular weight excluding hydrogens is 162 g/mol. The van der Waals surface area contributed by atoms with Crippen LogP contribution in [0.25, 0.3) is 0 Å². The fraction of sp³-hybridized carbons (Fsp3) is 0.857. The van der Waals surface area contributed by atoms with Gasteiger partial charge in [0.15, 0.2) is 0 Å². The maximum atomic E-state index is 11.0. The zero-order valence-corrected chi connectivity index (χ0v) is 7.99. The fourth-order valence-corrected chi connectivity index (χ4v) is 0.918. The summed E-state index contributed by atoms with van der Waals surface area (Å²) in [4.78, 5) is 11.0. The Balaban J connectivity index is 3.74. The molecule has 0 rings (SSSR count). The summed E-state index contributed by atoms with van der Waals surface area (Å²) < 4.78 is 0. The molecule has 0 radical (unpaired) electrons. The lowest BCUT2D eigenvalue weighted by atomic mass is 10.1. The average Bonchev–Trinajstić information content (AvgIpc) is 1.87. The van der Waals surface area contributed by atoms with Crippen molar-refractivity contribution in [1.82, 2.24) is 5.32 Å². The summed E-state index contributed by atoms with van der Waals surface area (Å²) in [7, 11) is 0. The molecule has 0 spiro atoms. The van der Waals surface area contributed by atoms with Crippen molar-refractivity contribution in [3.63, 3.8) is 0 Å². The van der Waals surface area contributed by atoms with Crippen LogP contribution in [0.5, 0.6) is 0 Å². The SMILES string of the molecule is CSCC(=O)NC(C)(C)CO. The third-order valence-electron chi connectivity index (χ3n) is 1.15. The van der Waals surface area contributed by atoms with Gasteiger partial charge in [-0.25, -0.2) is 0 Å². The van der Waals surface area contributed by atoms with Crippen molar-refractivity contribution in [2.24, 2.45) is 0 Å². The highest BCUT2D eigenvalue weighted by Gasteiger charge is 2.17.